The van der Waals surface area contributed by atoms with Gasteiger partial charge in [-0.1, -0.05) is 12.1 Å². The Kier molecular flexibility index (Phi) is 4.92. The van der Waals surface area contributed by atoms with Gasteiger partial charge in [0.1, 0.15) is 5.69 Å². The Morgan fingerprint density at radius 3 is 2.64 bits per heavy atom. The largest absolute Gasteiger partial charge is 0.481 e. The summed E-state index contributed by atoms with van der Waals surface area (Å²) in [6.07, 6.45) is 1.08. The van der Waals surface area contributed by atoms with Crippen molar-refractivity contribution >= 4 is 23.3 Å². The summed E-state index contributed by atoms with van der Waals surface area (Å²) < 4.78 is 0. The molecule has 0 bridgehead atoms. The average Bonchev–Trinajstić information content (AvgIpc) is 2.42. The molecular weight excluding hydrogens is 290 g/mol. The molecule has 0 spiro atoms. The van der Waals surface area contributed by atoms with Crippen LogP contribution in [0.4, 0.5) is 11.4 Å². The Bertz CT molecular complexity index is 584. The summed E-state index contributed by atoms with van der Waals surface area (Å²) in [7, 11) is 0. The Balaban J connectivity index is 1.72. The second-order valence-corrected chi connectivity index (χ2v) is 5.22. The number of carbonyl (C=O) groups is 2. The molecule has 8 nitrogen and oxygen atoms in total. The summed E-state index contributed by atoms with van der Waals surface area (Å²) in [4.78, 5) is 32.7. The third kappa shape index (κ3) is 3.94. The number of nitro groups is 1. The predicted molar refractivity (Wildman–Crippen MR) is 78.5 cm³/mol. The van der Waals surface area contributed by atoms with Crippen LogP contribution in [-0.2, 0) is 9.59 Å². The number of nitrogens with one attached hydrogen (secondary N) is 2. The third-order valence-electron chi connectivity index (χ3n) is 3.62. The van der Waals surface area contributed by atoms with Gasteiger partial charge < -0.3 is 15.7 Å². The van der Waals surface area contributed by atoms with E-state index in [2.05, 4.69) is 10.6 Å². The Morgan fingerprint density at radius 2 is 2.00 bits per heavy atom. The predicted octanol–water partition coefficient (Wildman–Crippen LogP) is 1.38. The van der Waals surface area contributed by atoms with Gasteiger partial charge in [-0.15, -0.1) is 0 Å². The molecule has 1 aliphatic carbocycles. The lowest BCUT2D eigenvalue weighted by atomic mass is 9.80. The minimum atomic E-state index is -0.830. The van der Waals surface area contributed by atoms with Crippen molar-refractivity contribution < 1.29 is 19.6 Å². The van der Waals surface area contributed by atoms with Crippen LogP contribution in [0.2, 0.25) is 0 Å². The van der Waals surface area contributed by atoms with E-state index in [0.717, 1.165) is 0 Å². The fourth-order valence-corrected chi connectivity index (χ4v) is 2.33. The van der Waals surface area contributed by atoms with E-state index in [1.165, 1.54) is 6.07 Å². The summed E-state index contributed by atoms with van der Waals surface area (Å²) in [5.74, 6) is -1.39. The first-order valence-electron chi connectivity index (χ1n) is 6.97. The first-order valence-corrected chi connectivity index (χ1v) is 6.97. The van der Waals surface area contributed by atoms with Crippen molar-refractivity contribution in [2.45, 2.75) is 25.3 Å². The second kappa shape index (κ2) is 6.88. The number of aliphatic carboxylic acids is 1. The Labute approximate surface area is 126 Å². The van der Waals surface area contributed by atoms with Crippen molar-refractivity contribution in [3.05, 3.63) is 34.4 Å². The first-order chi connectivity index (χ1) is 10.5. The maximum atomic E-state index is 11.7. The zero-order valence-electron chi connectivity index (χ0n) is 11.8. The van der Waals surface area contributed by atoms with E-state index < -0.39 is 10.9 Å². The van der Waals surface area contributed by atoms with E-state index in [4.69, 9.17) is 5.11 Å². The van der Waals surface area contributed by atoms with Crippen LogP contribution < -0.4 is 10.6 Å². The van der Waals surface area contributed by atoms with E-state index in [0.29, 0.717) is 18.5 Å². The van der Waals surface area contributed by atoms with Crippen LogP contribution in [0.5, 0.6) is 0 Å². The second-order valence-electron chi connectivity index (χ2n) is 5.22. The molecule has 0 aromatic heterocycles. The number of amides is 1. The van der Waals surface area contributed by atoms with Crippen molar-refractivity contribution in [2.75, 3.05) is 11.9 Å². The van der Waals surface area contributed by atoms with Crippen LogP contribution >= 0.6 is 0 Å². The number of carbonyl (C=O) groups excluding carboxylic acids is 1. The lowest BCUT2D eigenvalue weighted by Gasteiger charge is -2.32. The average molecular weight is 307 g/mol. The third-order valence-corrected chi connectivity index (χ3v) is 3.62. The molecule has 1 fully saturated rings. The topological polar surface area (TPSA) is 122 Å². The van der Waals surface area contributed by atoms with Gasteiger partial charge in [-0.25, -0.2) is 0 Å². The Morgan fingerprint density at radius 1 is 1.32 bits per heavy atom. The van der Waals surface area contributed by atoms with E-state index >= 15 is 0 Å². The maximum absolute atomic E-state index is 11.7. The summed E-state index contributed by atoms with van der Waals surface area (Å²) in [6, 6.07) is 6.14. The zero-order valence-corrected chi connectivity index (χ0v) is 11.8. The van der Waals surface area contributed by atoms with Gasteiger partial charge in [-0.3, -0.25) is 19.7 Å². The van der Waals surface area contributed by atoms with E-state index in [9.17, 15) is 19.7 Å². The molecule has 22 heavy (non-hydrogen) atoms. The van der Waals surface area contributed by atoms with E-state index in [1.807, 2.05) is 0 Å². The fraction of sp³-hybridized carbons (Fsp3) is 0.429. The molecule has 0 radical (unpaired) electrons. The highest BCUT2D eigenvalue weighted by Gasteiger charge is 2.35. The van der Waals surface area contributed by atoms with Gasteiger partial charge in [0.05, 0.1) is 10.8 Å². The minimum absolute atomic E-state index is 0.0359. The van der Waals surface area contributed by atoms with Crippen molar-refractivity contribution in [1.82, 2.24) is 5.32 Å². The van der Waals surface area contributed by atoms with Gasteiger partial charge in [-0.05, 0) is 18.9 Å². The van der Waals surface area contributed by atoms with Crippen molar-refractivity contribution in [2.24, 2.45) is 5.92 Å². The molecule has 1 amide bonds. The smallest absolute Gasteiger partial charge is 0.306 e. The number of hydrogen-bond donors (Lipinski definition) is 3. The molecule has 1 aromatic rings. The highest BCUT2D eigenvalue weighted by Crippen LogP contribution is 2.27. The van der Waals surface area contributed by atoms with Crippen LogP contribution in [0.25, 0.3) is 0 Å². The van der Waals surface area contributed by atoms with Gasteiger partial charge in [0.2, 0.25) is 5.91 Å². The summed E-state index contributed by atoms with van der Waals surface area (Å²) in [5, 5.41) is 25.2. The standard InChI is InChI=1S/C14H17N3O5/c18-13(16-10-7-9(8-10)14(19)20)5-6-15-11-3-1-2-4-12(11)17(21)22/h1-4,9-10,15H,5-8H2,(H,16,18)(H,19,20). The van der Waals surface area contributed by atoms with E-state index in [-0.39, 0.29) is 36.5 Å². The van der Waals surface area contributed by atoms with Gasteiger partial charge in [-0.2, -0.15) is 0 Å². The lowest BCUT2D eigenvalue weighted by Crippen LogP contribution is -2.46. The lowest BCUT2D eigenvalue weighted by molar-refractivity contribution is -0.384. The number of carboxylic acid groups (broad SMARTS) is 1. The van der Waals surface area contributed by atoms with Gasteiger partial charge in [0.15, 0.2) is 0 Å². The number of carboxylic acids is 1. The number of nitrogens with zero attached hydrogens (tertiary/aromatic N) is 1. The molecule has 0 heterocycles. The van der Waals surface area contributed by atoms with Crippen molar-refractivity contribution in [1.29, 1.82) is 0 Å². The van der Waals surface area contributed by atoms with Crippen LogP contribution in [-0.4, -0.2) is 34.5 Å². The highest BCUT2D eigenvalue weighted by atomic mass is 16.6. The molecule has 0 aliphatic heterocycles. The molecule has 1 aliphatic rings. The highest BCUT2D eigenvalue weighted by molar-refractivity contribution is 5.78. The Hall–Kier alpha value is -2.64. The zero-order chi connectivity index (χ0) is 16.1. The fourth-order valence-electron chi connectivity index (χ4n) is 2.33. The van der Waals surface area contributed by atoms with Crippen molar-refractivity contribution in [3.8, 4) is 0 Å². The van der Waals surface area contributed by atoms with Crippen molar-refractivity contribution in [3.63, 3.8) is 0 Å². The maximum Gasteiger partial charge on any atom is 0.306 e. The molecule has 0 atom stereocenters. The molecule has 0 saturated heterocycles. The number of para-hydroxylation sites is 2. The van der Waals surface area contributed by atoms with E-state index in [1.54, 1.807) is 18.2 Å². The number of anilines is 1. The van der Waals surface area contributed by atoms with Crippen LogP contribution in [0.3, 0.4) is 0 Å². The van der Waals surface area contributed by atoms with Gasteiger partial charge in [0, 0.05) is 25.1 Å². The summed E-state index contributed by atoms with van der Waals surface area (Å²) in [6.45, 7) is 0.270. The molecule has 8 heteroatoms. The number of benzene rings is 1. The molecular formula is C14H17N3O5. The molecule has 2 rings (SSSR count). The number of hydrogen-bond acceptors (Lipinski definition) is 5. The summed E-state index contributed by atoms with van der Waals surface area (Å²) >= 11 is 0. The van der Waals surface area contributed by atoms with Crippen LogP contribution in [0.1, 0.15) is 19.3 Å². The SMILES string of the molecule is O=C(CCNc1ccccc1[N+](=O)[O-])NC1CC(C(=O)O)C1. The minimum Gasteiger partial charge on any atom is -0.481 e. The molecule has 1 saturated carbocycles. The molecule has 118 valence electrons. The van der Waals surface area contributed by atoms with Crippen LogP contribution in [0.15, 0.2) is 24.3 Å². The van der Waals surface area contributed by atoms with Gasteiger partial charge in [0.25, 0.3) is 5.69 Å². The number of rotatable bonds is 7. The first kappa shape index (κ1) is 15.7. The molecule has 3 N–H and O–H groups in total. The van der Waals surface area contributed by atoms with Gasteiger partial charge >= 0.3 is 5.97 Å². The number of nitro benzene ring substituents is 1. The summed E-state index contributed by atoms with van der Waals surface area (Å²) in [5.41, 5.74) is 0.334. The monoisotopic (exact) mass is 307 g/mol. The quantitative estimate of drug-likeness (QED) is 0.516. The normalized spacial score (nSPS) is 19.8. The molecule has 1 aromatic carbocycles. The molecule has 0 unspecified atom stereocenters. The van der Waals surface area contributed by atoms with Crippen LogP contribution in [0, 0.1) is 16.0 Å².